The monoisotopic (exact) mass is 518 g/mol. The summed E-state index contributed by atoms with van der Waals surface area (Å²) in [7, 11) is 1.56. The molecule has 9 heteroatoms. The van der Waals surface area contributed by atoms with Gasteiger partial charge in [-0.15, -0.1) is 0 Å². The molecular weight excluding hydrogens is 495 g/mol. The summed E-state index contributed by atoms with van der Waals surface area (Å²) >= 11 is 1.24. The quantitative estimate of drug-likeness (QED) is 0.187. The second-order valence-corrected chi connectivity index (χ2v) is 9.43. The number of ketones is 1. The highest BCUT2D eigenvalue weighted by atomic mass is 32.1. The maximum Gasteiger partial charge on any atom is 0.301 e. The Balaban J connectivity index is 1.66. The largest absolute Gasteiger partial charge is 0.507 e. The molecule has 0 saturated carbocycles. The molecule has 2 heterocycles. The van der Waals surface area contributed by atoms with Crippen LogP contribution in [0.15, 0.2) is 72.3 Å². The second-order valence-electron chi connectivity index (χ2n) is 8.42. The number of nitrogens with zero attached hydrogens (tertiary/aromatic N) is 2. The average Bonchev–Trinajstić information content (AvgIpc) is 3.45. The number of carbonyl (C=O) groups is 2. The Labute approximate surface area is 216 Å². The normalized spacial score (nSPS) is 16.9. The van der Waals surface area contributed by atoms with Crippen LogP contribution in [0.3, 0.4) is 0 Å². The number of fused-ring (bicyclic) bond motifs is 1. The zero-order valence-corrected chi connectivity index (χ0v) is 20.9. The number of methoxy groups -OCH3 is 1. The van der Waals surface area contributed by atoms with Gasteiger partial charge in [-0.25, -0.2) is 9.37 Å². The number of carbonyl (C=O) groups excluding carboxylic acids is 2. The molecule has 0 spiro atoms. The van der Waals surface area contributed by atoms with E-state index in [1.807, 2.05) is 6.92 Å². The van der Waals surface area contributed by atoms with Crippen molar-refractivity contribution in [3.8, 4) is 11.5 Å². The number of thiazole rings is 1. The number of benzene rings is 3. The van der Waals surface area contributed by atoms with Crippen molar-refractivity contribution in [3.63, 3.8) is 0 Å². The molecule has 1 atom stereocenters. The van der Waals surface area contributed by atoms with E-state index in [4.69, 9.17) is 9.47 Å². The first-order valence-corrected chi connectivity index (χ1v) is 12.5. The number of anilines is 1. The number of hydrogen-bond donors (Lipinski definition) is 1. The SMILES string of the molecule is CCCOc1ccc(C2C(=C(O)c3ccc(F)cc3)C(=O)C(=O)N2c2nc3ccc(OC)cc3s2)cc1. The molecule has 0 radical (unpaired) electrons. The lowest BCUT2D eigenvalue weighted by Gasteiger charge is -2.23. The number of ether oxygens (including phenoxy) is 2. The number of aliphatic hydroxyl groups is 1. The van der Waals surface area contributed by atoms with E-state index >= 15 is 0 Å². The maximum atomic E-state index is 13.5. The molecular formula is C28H23FN2O5S. The molecule has 0 aliphatic carbocycles. The van der Waals surface area contributed by atoms with E-state index < -0.39 is 23.5 Å². The van der Waals surface area contributed by atoms with Crippen LogP contribution in [0, 0.1) is 5.82 Å². The zero-order valence-electron chi connectivity index (χ0n) is 20.1. The summed E-state index contributed by atoms with van der Waals surface area (Å²) in [5.74, 6) is -1.25. The molecule has 37 heavy (non-hydrogen) atoms. The number of aliphatic hydroxyl groups excluding tert-OH is 1. The zero-order chi connectivity index (χ0) is 26.1. The first-order valence-electron chi connectivity index (χ1n) is 11.7. The van der Waals surface area contributed by atoms with E-state index in [1.165, 1.54) is 40.5 Å². The molecule has 1 fully saturated rings. The van der Waals surface area contributed by atoms with Gasteiger partial charge in [0.1, 0.15) is 23.1 Å². The number of Topliss-reactive ketones (excluding diaryl/α,β-unsaturated/α-hetero) is 1. The van der Waals surface area contributed by atoms with Crippen molar-refractivity contribution in [2.75, 3.05) is 18.6 Å². The fraction of sp³-hybridized carbons (Fsp3) is 0.179. The van der Waals surface area contributed by atoms with Gasteiger partial charge in [0.25, 0.3) is 5.78 Å². The molecule has 1 aliphatic rings. The minimum Gasteiger partial charge on any atom is -0.507 e. The van der Waals surface area contributed by atoms with Gasteiger partial charge in [0.15, 0.2) is 5.13 Å². The van der Waals surface area contributed by atoms with Gasteiger partial charge < -0.3 is 14.6 Å². The number of rotatable bonds is 7. The first kappa shape index (κ1) is 24.5. The Morgan fingerprint density at radius 2 is 1.76 bits per heavy atom. The van der Waals surface area contributed by atoms with Crippen molar-refractivity contribution in [2.45, 2.75) is 19.4 Å². The Morgan fingerprint density at radius 3 is 2.43 bits per heavy atom. The van der Waals surface area contributed by atoms with Gasteiger partial charge in [0.2, 0.25) is 0 Å². The van der Waals surface area contributed by atoms with Gasteiger partial charge in [-0.3, -0.25) is 14.5 Å². The molecule has 0 bridgehead atoms. The molecule has 4 aromatic rings. The van der Waals surface area contributed by atoms with Crippen LogP contribution in [-0.4, -0.2) is 35.5 Å². The Bertz CT molecular complexity index is 1510. The van der Waals surface area contributed by atoms with Crippen molar-refractivity contribution >= 4 is 44.1 Å². The number of halogens is 1. The fourth-order valence-electron chi connectivity index (χ4n) is 4.20. The molecule has 5 rings (SSSR count). The smallest absolute Gasteiger partial charge is 0.301 e. The molecule has 7 nitrogen and oxygen atoms in total. The molecule has 1 aromatic heterocycles. The Morgan fingerprint density at radius 1 is 1.05 bits per heavy atom. The number of hydrogen-bond acceptors (Lipinski definition) is 7. The third-order valence-corrected chi connectivity index (χ3v) is 7.04. The topological polar surface area (TPSA) is 89.0 Å². The van der Waals surface area contributed by atoms with Crippen molar-refractivity contribution < 1.29 is 28.6 Å². The van der Waals surface area contributed by atoms with E-state index in [1.54, 1.807) is 49.6 Å². The highest BCUT2D eigenvalue weighted by molar-refractivity contribution is 7.22. The van der Waals surface area contributed by atoms with Crippen LogP contribution in [0.25, 0.3) is 16.0 Å². The van der Waals surface area contributed by atoms with Crippen molar-refractivity contribution in [1.82, 2.24) is 4.98 Å². The summed E-state index contributed by atoms with van der Waals surface area (Å²) in [6.07, 6.45) is 0.849. The lowest BCUT2D eigenvalue weighted by atomic mass is 9.95. The van der Waals surface area contributed by atoms with E-state index in [0.29, 0.717) is 34.3 Å². The van der Waals surface area contributed by atoms with Gasteiger partial charge in [0, 0.05) is 5.56 Å². The third-order valence-electron chi connectivity index (χ3n) is 6.02. The minimum absolute atomic E-state index is 0.101. The lowest BCUT2D eigenvalue weighted by molar-refractivity contribution is -0.132. The predicted octanol–water partition coefficient (Wildman–Crippen LogP) is 5.86. The van der Waals surface area contributed by atoms with E-state index in [2.05, 4.69) is 4.98 Å². The summed E-state index contributed by atoms with van der Waals surface area (Å²) < 4.78 is 25.3. The highest BCUT2D eigenvalue weighted by Gasteiger charge is 2.48. The van der Waals surface area contributed by atoms with Crippen molar-refractivity contribution in [1.29, 1.82) is 0 Å². The van der Waals surface area contributed by atoms with E-state index in [0.717, 1.165) is 11.1 Å². The van der Waals surface area contributed by atoms with Crippen LogP contribution in [0.4, 0.5) is 9.52 Å². The van der Waals surface area contributed by atoms with Gasteiger partial charge in [-0.1, -0.05) is 30.4 Å². The summed E-state index contributed by atoms with van der Waals surface area (Å²) in [6.45, 7) is 2.56. The molecule has 1 unspecified atom stereocenters. The van der Waals surface area contributed by atoms with Gasteiger partial charge in [0.05, 0.1) is 35.5 Å². The Kier molecular flexibility index (Phi) is 6.62. The Hall–Kier alpha value is -4.24. The molecule has 3 aromatic carbocycles. The van der Waals surface area contributed by atoms with Gasteiger partial charge >= 0.3 is 5.91 Å². The minimum atomic E-state index is -0.951. The summed E-state index contributed by atoms with van der Waals surface area (Å²) in [4.78, 5) is 32.6. The maximum absolute atomic E-state index is 13.5. The van der Waals surface area contributed by atoms with Crippen LogP contribution < -0.4 is 14.4 Å². The standard InChI is InChI=1S/C28H23FN2O5S/c1-3-14-36-19-10-6-16(7-11-19)24-23(25(32)17-4-8-18(29)9-5-17)26(33)27(34)31(24)28-30-21-13-12-20(35-2)15-22(21)37-28/h4-13,15,24,32H,3,14H2,1-2H3. The summed E-state index contributed by atoms with van der Waals surface area (Å²) in [6, 6.07) is 16.5. The molecule has 1 N–H and O–H groups in total. The second kappa shape index (κ2) is 10.0. The average molecular weight is 519 g/mol. The van der Waals surface area contributed by atoms with Crippen LogP contribution in [0.5, 0.6) is 11.5 Å². The lowest BCUT2D eigenvalue weighted by Crippen LogP contribution is -2.29. The van der Waals surface area contributed by atoms with Gasteiger partial charge in [-0.2, -0.15) is 0 Å². The van der Waals surface area contributed by atoms with Crippen LogP contribution >= 0.6 is 11.3 Å². The summed E-state index contributed by atoms with van der Waals surface area (Å²) in [5.41, 5.74) is 1.35. The molecule has 1 saturated heterocycles. The first-order chi connectivity index (χ1) is 17.9. The van der Waals surface area contributed by atoms with E-state index in [-0.39, 0.29) is 16.9 Å². The van der Waals surface area contributed by atoms with Gasteiger partial charge in [-0.05, 0) is 66.6 Å². The van der Waals surface area contributed by atoms with Crippen LogP contribution in [0.2, 0.25) is 0 Å². The molecule has 188 valence electrons. The fourth-order valence-corrected chi connectivity index (χ4v) is 5.22. The summed E-state index contributed by atoms with van der Waals surface area (Å²) in [5, 5.41) is 11.5. The van der Waals surface area contributed by atoms with Crippen molar-refractivity contribution in [2.24, 2.45) is 0 Å². The third kappa shape index (κ3) is 4.53. The number of aromatic nitrogens is 1. The van der Waals surface area contributed by atoms with Crippen LogP contribution in [0.1, 0.15) is 30.5 Å². The van der Waals surface area contributed by atoms with Crippen molar-refractivity contribution in [3.05, 3.63) is 89.2 Å². The van der Waals surface area contributed by atoms with Crippen LogP contribution in [-0.2, 0) is 9.59 Å². The molecule has 1 aliphatic heterocycles. The number of amides is 1. The highest BCUT2D eigenvalue weighted by Crippen LogP contribution is 2.44. The predicted molar refractivity (Wildman–Crippen MR) is 140 cm³/mol. The molecule has 1 amide bonds. The van der Waals surface area contributed by atoms with E-state index in [9.17, 15) is 19.1 Å².